The van der Waals surface area contributed by atoms with E-state index < -0.39 is 84.3 Å². The fourth-order valence-electron chi connectivity index (χ4n) is 11.0. The summed E-state index contributed by atoms with van der Waals surface area (Å²) < 4.78 is 123. The lowest BCUT2D eigenvalue weighted by atomic mass is 9.59. The van der Waals surface area contributed by atoms with Gasteiger partial charge in [-0.3, -0.25) is 4.98 Å². The van der Waals surface area contributed by atoms with E-state index in [9.17, 15) is 26.3 Å². The predicted octanol–water partition coefficient (Wildman–Crippen LogP) is 8.24. The number of rotatable bonds is 8. The van der Waals surface area contributed by atoms with Crippen LogP contribution in [-0.4, -0.2) is 65.9 Å². The molecule has 0 radical (unpaired) electrons. The summed E-state index contributed by atoms with van der Waals surface area (Å²) in [6.45, 7) is 6.28. The highest BCUT2D eigenvalue weighted by atomic mass is 19.4. The maximum Gasteiger partial charge on any atom is 0.449 e. The highest BCUT2D eigenvalue weighted by Crippen LogP contribution is 2.63. The maximum absolute atomic E-state index is 14.6. The first-order valence-electron chi connectivity index (χ1n) is 19.6. The average Bonchev–Trinajstić information content (AvgIpc) is 3.51. The molecule has 310 valence electrons. The van der Waals surface area contributed by atoms with E-state index in [0.717, 1.165) is 0 Å². The van der Waals surface area contributed by atoms with Crippen molar-refractivity contribution in [1.82, 2.24) is 4.98 Å². The Balaban J connectivity index is 0.906. The number of halogens is 6. The zero-order chi connectivity index (χ0) is 39.5. The number of hydrogen-bond acceptors (Lipinski definition) is 11. The van der Waals surface area contributed by atoms with Gasteiger partial charge in [0.05, 0.1) is 37.8 Å². The summed E-state index contributed by atoms with van der Waals surface area (Å²) in [6, 6.07) is 4.96. The van der Waals surface area contributed by atoms with Crippen molar-refractivity contribution in [3.63, 3.8) is 0 Å². The number of fused-ring (bicyclic) bond motifs is 4. The van der Waals surface area contributed by atoms with Gasteiger partial charge >= 0.3 is 12.4 Å². The van der Waals surface area contributed by atoms with Crippen LogP contribution in [0.5, 0.6) is 0 Å². The largest absolute Gasteiger partial charge is 0.456 e. The van der Waals surface area contributed by atoms with Gasteiger partial charge in [-0.2, -0.15) is 26.3 Å². The zero-order valence-corrected chi connectivity index (χ0v) is 31.6. The molecule has 8 fully saturated rings. The maximum atomic E-state index is 14.6. The molecule has 0 unspecified atom stereocenters. The molecule has 1 aromatic rings. The molecule has 11 rings (SSSR count). The second-order valence-electron chi connectivity index (χ2n) is 17.3. The summed E-state index contributed by atoms with van der Waals surface area (Å²) in [5, 5.41) is 0. The van der Waals surface area contributed by atoms with Crippen molar-refractivity contribution in [3.05, 3.63) is 52.3 Å². The van der Waals surface area contributed by atoms with Crippen molar-refractivity contribution >= 4 is 0 Å². The number of ether oxygens (including phenoxy) is 6. The minimum Gasteiger partial charge on any atom is -0.456 e. The molecule has 9 heterocycles. The van der Waals surface area contributed by atoms with Crippen molar-refractivity contribution in [2.75, 3.05) is 13.2 Å². The van der Waals surface area contributed by atoms with Crippen molar-refractivity contribution in [1.29, 1.82) is 0 Å². The molecular formula is C39H47F6NO10. The lowest BCUT2D eigenvalue weighted by Crippen LogP contribution is -2.67. The summed E-state index contributed by atoms with van der Waals surface area (Å²) >= 11 is 0. The van der Waals surface area contributed by atoms with Crippen molar-refractivity contribution in [2.24, 2.45) is 35.5 Å². The zero-order valence-electron chi connectivity index (χ0n) is 31.6. The van der Waals surface area contributed by atoms with Crippen LogP contribution in [0, 0.1) is 35.5 Å². The number of pyridine rings is 1. The van der Waals surface area contributed by atoms with Crippen LogP contribution in [0.2, 0.25) is 0 Å². The third kappa shape index (κ3) is 6.20. The molecule has 0 amide bonds. The molecular weight excluding hydrogens is 756 g/mol. The monoisotopic (exact) mass is 803 g/mol. The molecule has 2 spiro atoms. The van der Waals surface area contributed by atoms with Gasteiger partial charge in [0.2, 0.25) is 35.7 Å². The quantitative estimate of drug-likeness (QED) is 0.188. The van der Waals surface area contributed by atoms with Crippen LogP contribution in [0.4, 0.5) is 26.3 Å². The normalized spacial score (nSPS) is 43.0. The number of aromatic nitrogens is 1. The van der Waals surface area contributed by atoms with E-state index in [0.29, 0.717) is 62.8 Å². The van der Waals surface area contributed by atoms with Crippen molar-refractivity contribution in [3.8, 4) is 0 Å². The van der Waals surface area contributed by atoms with E-state index in [1.807, 2.05) is 0 Å². The molecule has 6 saturated heterocycles. The Morgan fingerprint density at radius 1 is 0.625 bits per heavy atom. The lowest BCUT2D eigenvalue weighted by Gasteiger charge is -2.57. The van der Waals surface area contributed by atoms with Crippen molar-refractivity contribution < 1.29 is 74.3 Å². The van der Waals surface area contributed by atoms with E-state index in [2.05, 4.69) is 18.8 Å². The molecule has 10 aliphatic rings. The Labute approximate surface area is 320 Å². The first-order chi connectivity index (χ1) is 26.5. The van der Waals surface area contributed by atoms with Gasteiger partial charge < -0.3 is 28.4 Å². The van der Waals surface area contributed by atoms with Gasteiger partial charge in [0, 0.05) is 47.7 Å². The molecule has 1 aromatic heterocycles. The third-order valence-electron chi connectivity index (χ3n) is 13.7. The third-order valence-corrected chi connectivity index (χ3v) is 13.7. The second-order valence-corrected chi connectivity index (χ2v) is 17.3. The number of alkyl halides is 6. The Kier molecular flexibility index (Phi) is 9.40. The van der Waals surface area contributed by atoms with E-state index in [1.165, 1.54) is 0 Å². The Bertz CT molecular complexity index is 1650. The van der Waals surface area contributed by atoms with E-state index in [-0.39, 0.29) is 48.0 Å². The highest BCUT2D eigenvalue weighted by Gasteiger charge is 2.72. The van der Waals surface area contributed by atoms with Gasteiger partial charge in [-0.05, 0) is 76.3 Å². The van der Waals surface area contributed by atoms with Gasteiger partial charge in [-0.15, -0.1) is 0 Å². The van der Waals surface area contributed by atoms with E-state index in [1.54, 1.807) is 32.0 Å². The molecule has 56 heavy (non-hydrogen) atoms. The molecule has 8 aliphatic heterocycles. The summed E-state index contributed by atoms with van der Waals surface area (Å²) in [4.78, 5) is 28.1. The highest BCUT2D eigenvalue weighted by molar-refractivity contribution is 5.30. The molecule has 0 aromatic carbocycles. The van der Waals surface area contributed by atoms with Crippen LogP contribution in [0.1, 0.15) is 90.4 Å². The number of allylic oxidation sites excluding steroid dienone is 2. The molecule has 4 bridgehead atoms. The summed E-state index contributed by atoms with van der Waals surface area (Å²) in [7, 11) is 0. The topological polar surface area (TPSA) is 105 Å². The summed E-state index contributed by atoms with van der Waals surface area (Å²) in [5.74, 6) is -6.23. The standard InChI is InChI=1S/C39H47F6NO10/c1-20-8-10-28-24(30(38(40,41)42)49-32-36(28)26(20)12-14-34(3,51-32)53-55-36)18-47-16-22-6-5-7-23(46-22)17-48-19-25-29-11-9-21(2)27-13-15-35(4)52-33(37(27,29)56-54-35)50-31(25)39(43,44)45/h5-7,20-21,26-29,32-33H,8-19H2,1-4H3/t20-,21-,26+,27+,28+,29+,32-,33-,34-,35-,36-,37-/m1/s1. The second kappa shape index (κ2) is 13.5. The van der Waals surface area contributed by atoms with Gasteiger partial charge in [-0.1, -0.05) is 19.9 Å². The van der Waals surface area contributed by atoms with Crippen molar-refractivity contribution in [2.45, 2.75) is 140 Å². The summed E-state index contributed by atoms with van der Waals surface area (Å²) in [5.41, 5.74) is -1.88. The summed E-state index contributed by atoms with van der Waals surface area (Å²) in [6.07, 6.45) is -7.88. The smallest absolute Gasteiger partial charge is 0.449 e. The molecule has 12 atom stereocenters. The van der Waals surface area contributed by atoms with Gasteiger partial charge in [0.25, 0.3) is 0 Å². The average molecular weight is 804 g/mol. The van der Waals surface area contributed by atoms with E-state index >= 15 is 0 Å². The predicted molar refractivity (Wildman–Crippen MR) is 177 cm³/mol. The molecule has 17 heteroatoms. The molecule has 2 aliphatic carbocycles. The SMILES string of the molecule is C[C@@H]1CC[C@H]2C(COCc3cccc(COCC4=C(C(F)(F)F)O[C@@H]5O[C@@]6(C)CC[C@H]7[C@H](C)CC[C@@H]4[C@@]57OO6)n3)=C(C(F)(F)F)O[C@@H]3O[C@@]4(C)CC[C@@H]1[C@]32OO4. The number of hydrogen-bond donors (Lipinski definition) is 0. The van der Waals surface area contributed by atoms with Crippen LogP contribution in [0.25, 0.3) is 0 Å². The minimum absolute atomic E-state index is 0.0663. The van der Waals surface area contributed by atoms with Crippen LogP contribution in [-0.2, 0) is 61.2 Å². The fraction of sp³-hybridized carbons (Fsp3) is 0.769. The van der Waals surface area contributed by atoms with Crippen LogP contribution >= 0.6 is 0 Å². The Hall–Kier alpha value is -2.51. The fourth-order valence-corrected chi connectivity index (χ4v) is 11.0. The first-order valence-corrected chi connectivity index (χ1v) is 19.6. The van der Waals surface area contributed by atoms with Gasteiger partial charge in [0.15, 0.2) is 11.2 Å². The Morgan fingerprint density at radius 2 is 1.05 bits per heavy atom. The number of nitrogens with zero attached hydrogens (tertiary/aromatic N) is 1. The molecule has 0 N–H and O–H groups in total. The minimum atomic E-state index is -4.81. The van der Waals surface area contributed by atoms with Crippen LogP contribution in [0.15, 0.2) is 40.9 Å². The lowest BCUT2D eigenvalue weighted by molar-refractivity contribution is -0.558. The van der Waals surface area contributed by atoms with Crippen LogP contribution in [0.3, 0.4) is 0 Å². The first kappa shape index (κ1) is 39.0. The van der Waals surface area contributed by atoms with Gasteiger partial charge in [-0.25, -0.2) is 19.6 Å². The Morgan fingerprint density at radius 3 is 1.46 bits per heavy atom. The van der Waals surface area contributed by atoms with Gasteiger partial charge in [0.1, 0.15) is 0 Å². The molecule has 2 saturated carbocycles. The van der Waals surface area contributed by atoms with E-state index in [4.69, 9.17) is 48.0 Å². The van der Waals surface area contributed by atoms with Crippen LogP contribution < -0.4 is 0 Å². The molecule has 11 nitrogen and oxygen atoms in total.